The molecule has 4 heterocycles. The first-order chi connectivity index (χ1) is 13.4. The van der Waals surface area contributed by atoms with Gasteiger partial charge in [0.05, 0.1) is 10.7 Å². The lowest BCUT2D eigenvalue weighted by molar-refractivity contribution is 0.0698. The van der Waals surface area contributed by atoms with E-state index in [-0.39, 0.29) is 17.5 Å². The molecule has 1 saturated heterocycles. The summed E-state index contributed by atoms with van der Waals surface area (Å²) < 4.78 is 1.72. The van der Waals surface area contributed by atoms with Crippen molar-refractivity contribution in [1.82, 2.24) is 34.8 Å². The van der Waals surface area contributed by atoms with Crippen LogP contribution in [-0.2, 0) is 0 Å². The minimum absolute atomic E-state index is 0.112. The Kier molecular flexibility index (Phi) is 4.89. The lowest BCUT2D eigenvalue weighted by Crippen LogP contribution is -2.40. The highest BCUT2D eigenvalue weighted by Crippen LogP contribution is 2.27. The molecular formula is C19H22ClN7O. The largest absolute Gasteiger partial charge is 0.337 e. The number of hydrogen-bond acceptors (Lipinski definition) is 5. The van der Waals surface area contributed by atoms with E-state index >= 15 is 0 Å². The highest BCUT2D eigenvalue weighted by molar-refractivity contribution is 6.33. The molecule has 3 aromatic heterocycles. The van der Waals surface area contributed by atoms with E-state index in [1.807, 2.05) is 26.8 Å². The van der Waals surface area contributed by atoms with E-state index in [0.717, 1.165) is 35.9 Å². The van der Waals surface area contributed by atoms with Gasteiger partial charge in [-0.15, -0.1) is 0 Å². The van der Waals surface area contributed by atoms with Crippen LogP contribution in [0.15, 0.2) is 18.2 Å². The van der Waals surface area contributed by atoms with Gasteiger partial charge >= 0.3 is 0 Å². The van der Waals surface area contributed by atoms with Crippen LogP contribution in [-0.4, -0.2) is 53.8 Å². The molecule has 1 amide bonds. The van der Waals surface area contributed by atoms with Gasteiger partial charge in [-0.25, -0.2) is 14.6 Å². The minimum Gasteiger partial charge on any atom is -0.337 e. The lowest BCUT2D eigenvalue weighted by Gasteiger charge is -2.31. The van der Waals surface area contributed by atoms with Gasteiger partial charge in [0.25, 0.3) is 5.91 Å². The number of piperidine rings is 1. The summed E-state index contributed by atoms with van der Waals surface area (Å²) >= 11 is 6.33. The Morgan fingerprint density at radius 2 is 2.07 bits per heavy atom. The van der Waals surface area contributed by atoms with Crippen molar-refractivity contribution in [2.45, 2.75) is 39.5 Å². The van der Waals surface area contributed by atoms with Crippen molar-refractivity contribution in [3.63, 3.8) is 0 Å². The maximum Gasteiger partial charge on any atom is 0.274 e. The summed E-state index contributed by atoms with van der Waals surface area (Å²) in [5, 5.41) is 11.9. The van der Waals surface area contributed by atoms with E-state index < -0.39 is 0 Å². The normalized spacial score (nSPS) is 17.1. The SMILES string of the molecule is Cc1cc(C)n(-c2ccc(Cl)c(C(=O)N3CCCC(c4n[nH]c(C)n4)C3)n2)n1. The fourth-order valence-corrected chi connectivity index (χ4v) is 3.81. The highest BCUT2D eigenvalue weighted by Gasteiger charge is 2.29. The molecule has 0 aromatic carbocycles. The maximum absolute atomic E-state index is 13.2. The molecule has 1 N–H and O–H groups in total. The molecule has 28 heavy (non-hydrogen) atoms. The van der Waals surface area contributed by atoms with Crippen molar-refractivity contribution in [3.05, 3.63) is 52.0 Å². The predicted molar refractivity (Wildman–Crippen MR) is 105 cm³/mol. The van der Waals surface area contributed by atoms with Crippen LogP contribution in [0.2, 0.25) is 5.02 Å². The van der Waals surface area contributed by atoms with Crippen molar-refractivity contribution in [2.75, 3.05) is 13.1 Å². The third-order valence-corrected chi connectivity index (χ3v) is 5.25. The Hall–Kier alpha value is -2.74. The number of H-pyrrole nitrogens is 1. The van der Waals surface area contributed by atoms with Crippen LogP contribution in [0.4, 0.5) is 0 Å². The van der Waals surface area contributed by atoms with Crippen molar-refractivity contribution in [2.24, 2.45) is 0 Å². The van der Waals surface area contributed by atoms with Crippen LogP contribution >= 0.6 is 11.6 Å². The third-order valence-electron chi connectivity index (χ3n) is 4.95. The average molecular weight is 400 g/mol. The highest BCUT2D eigenvalue weighted by atomic mass is 35.5. The molecule has 1 aliphatic heterocycles. The van der Waals surface area contributed by atoms with Crippen molar-refractivity contribution in [1.29, 1.82) is 0 Å². The summed E-state index contributed by atoms with van der Waals surface area (Å²) in [6.07, 6.45) is 1.84. The minimum atomic E-state index is -0.176. The van der Waals surface area contributed by atoms with Crippen molar-refractivity contribution >= 4 is 17.5 Å². The molecule has 4 rings (SSSR count). The third kappa shape index (κ3) is 3.52. The van der Waals surface area contributed by atoms with Crippen molar-refractivity contribution < 1.29 is 4.79 Å². The molecule has 0 radical (unpaired) electrons. The molecular weight excluding hydrogens is 378 g/mol. The number of aryl methyl sites for hydroxylation is 3. The first-order valence-corrected chi connectivity index (χ1v) is 9.68. The molecule has 1 unspecified atom stereocenters. The number of nitrogens with zero attached hydrogens (tertiary/aromatic N) is 6. The van der Waals surface area contributed by atoms with E-state index in [0.29, 0.717) is 23.9 Å². The molecule has 3 aromatic rings. The second-order valence-electron chi connectivity index (χ2n) is 7.21. The van der Waals surface area contributed by atoms with Gasteiger partial charge < -0.3 is 4.90 Å². The summed E-state index contributed by atoms with van der Waals surface area (Å²) in [6.45, 7) is 6.96. The molecule has 1 atom stereocenters. The van der Waals surface area contributed by atoms with Gasteiger partial charge in [0.15, 0.2) is 11.6 Å². The standard InChI is InChI=1S/C19H22ClN7O/c1-11-9-12(2)27(25-11)16-7-6-15(20)17(22-16)19(28)26-8-4-5-14(10-26)18-21-13(3)23-24-18/h6-7,9,14H,4-5,8,10H2,1-3H3,(H,21,23,24). The van der Waals surface area contributed by atoms with Crippen LogP contribution < -0.4 is 0 Å². The predicted octanol–water partition coefficient (Wildman–Crippen LogP) is 2.98. The first-order valence-electron chi connectivity index (χ1n) is 9.30. The van der Waals surface area contributed by atoms with Crippen LogP contribution in [0, 0.1) is 20.8 Å². The number of pyridine rings is 1. The number of rotatable bonds is 3. The van der Waals surface area contributed by atoms with E-state index in [1.165, 1.54) is 0 Å². The first kappa shape index (κ1) is 18.6. The van der Waals surface area contributed by atoms with E-state index in [4.69, 9.17) is 11.6 Å². The molecule has 1 aliphatic rings. The van der Waals surface area contributed by atoms with Crippen LogP contribution in [0.3, 0.4) is 0 Å². The second-order valence-corrected chi connectivity index (χ2v) is 7.62. The van der Waals surface area contributed by atoms with Crippen LogP contribution in [0.25, 0.3) is 5.82 Å². The number of nitrogens with one attached hydrogen (secondary N) is 1. The molecule has 8 nitrogen and oxygen atoms in total. The maximum atomic E-state index is 13.2. The molecule has 0 spiro atoms. The Morgan fingerprint density at radius 3 is 2.75 bits per heavy atom. The Labute approximate surface area is 167 Å². The molecule has 0 bridgehead atoms. The zero-order valence-electron chi connectivity index (χ0n) is 16.1. The van der Waals surface area contributed by atoms with Crippen molar-refractivity contribution in [3.8, 4) is 5.82 Å². The summed E-state index contributed by atoms with van der Waals surface area (Å²) in [4.78, 5) is 23.9. The van der Waals surface area contributed by atoms with Gasteiger partial charge in [-0.2, -0.15) is 10.2 Å². The van der Waals surface area contributed by atoms with Gasteiger partial charge in [0.2, 0.25) is 0 Å². The number of likely N-dealkylation sites (tertiary alicyclic amines) is 1. The molecule has 1 fully saturated rings. The second kappa shape index (κ2) is 7.35. The zero-order valence-corrected chi connectivity index (χ0v) is 16.9. The van der Waals surface area contributed by atoms with Gasteiger partial charge in [-0.3, -0.25) is 9.89 Å². The lowest BCUT2D eigenvalue weighted by atomic mass is 9.97. The monoisotopic (exact) mass is 399 g/mol. The summed E-state index contributed by atoms with van der Waals surface area (Å²) in [5.74, 6) is 2.05. The Bertz CT molecular complexity index is 1030. The van der Waals surface area contributed by atoms with Crippen LogP contribution in [0.5, 0.6) is 0 Å². The molecule has 9 heteroatoms. The van der Waals surface area contributed by atoms with Gasteiger partial charge in [0, 0.05) is 24.7 Å². The smallest absolute Gasteiger partial charge is 0.274 e. The van der Waals surface area contributed by atoms with Gasteiger partial charge in [-0.05, 0) is 51.8 Å². The Morgan fingerprint density at radius 1 is 1.25 bits per heavy atom. The summed E-state index contributed by atoms with van der Waals surface area (Å²) in [6, 6.07) is 5.44. The zero-order chi connectivity index (χ0) is 19.8. The van der Waals surface area contributed by atoms with E-state index in [9.17, 15) is 4.79 Å². The Balaban J connectivity index is 1.60. The number of aromatic amines is 1. The number of halogens is 1. The number of amides is 1. The number of carbonyl (C=O) groups is 1. The molecule has 0 aliphatic carbocycles. The molecule has 0 saturated carbocycles. The number of hydrogen-bond donors (Lipinski definition) is 1. The summed E-state index contributed by atoms with van der Waals surface area (Å²) in [5.41, 5.74) is 2.09. The van der Waals surface area contributed by atoms with Gasteiger partial charge in [0.1, 0.15) is 11.5 Å². The quantitative estimate of drug-likeness (QED) is 0.730. The summed E-state index contributed by atoms with van der Waals surface area (Å²) in [7, 11) is 0. The van der Waals surface area contributed by atoms with Gasteiger partial charge in [-0.1, -0.05) is 11.6 Å². The number of carbonyl (C=O) groups excluding carboxylic acids is 1. The van der Waals surface area contributed by atoms with Crippen LogP contribution in [0.1, 0.15) is 52.3 Å². The molecule has 146 valence electrons. The fraction of sp³-hybridized carbons (Fsp3) is 0.421. The average Bonchev–Trinajstić information content (AvgIpc) is 3.26. The van der Waals surface area contributed by atoms with E-state index in [2.05, 4.69) is 25.3 Å². The van der Waals surface area contributed by atoms with E-state index in [1.54, 1.807) is 21.7 Å². The fourth-order valence-electron chi connectivity index (χ4n) is 3.63. The number of aromatic nitrogens is 6. The topological polar surface area (TPSA) is 92.6 Å².